The minimum Gasteiger partial charge on any atom is -0.493 e. The van der Waals surface area contributed by atoms with Crippen LogP contribution in [0, 0.1) is 0 Å². The second-order valence-electron chi connectivity index (χ2n) is 6.69. The molecule has 0 spiro atoms. The molecular weight excluding hydrogens is 487 g/mol. The first kappa shape index (κ1) is 22.6. The fourth-order valence-corrected chi connectivity index (χ4v) is 4.67. The lowest BCUT2D eigenvalue weighted by Crippen LogP contribution is -2.17. The lowest BCUT2D eigenvalue weighted by molar-refractivity contribution is -0.115. The number of thioether (sulfide) groups is 1. The number of rotatable bonds is 6. The van der Waals surface area contributed by atoms with Gasteiger partial charge in [0.25, 0.3) is 5.91 Å². The van der Waals surface area contributed by atoms with Crippen LogP contribution < -0.4 is 14.8 Å². The molecule has 2 heterocycles. The van der Waals surface area contributed by atoms with Gasteiger partial charge in [-0.15, -0.1) is 0 Å². The highest BCUT2D eigenvalue weighted by Crippen LogP contribution is 2.43. The van der Waals surface area contributed by atoms with Gasteiger partial charge < -0.3 is 14.8 Å². The SMILES string of the molecule is COc1cc(C=C2SC(=S)NC2=O)cc(-c2ccc(Cl)cc2Cl)c1OCc1ccccn1. The molecule has 1 aliphatic rings. The summed E-state index contributed by atoms with van der Waals surface area (Å²) >= 11 is 18.9. The molecule has 162 valence electrons. The molecule has 1 N–H and O–H groups in total. The minimum atomic E-state index is -0.236. The Balaban J connectivity index is 1.82. The van der Waals surface area contributed by atoms with Gasteiger partial charge in [-0.1, -0.05) is 59.3 Å². The summed E-state index contributed by atoms with van der Waals surface area (Å²) in [5.74, 6) is 0.756. The molecule has 0 saturated carbocycles. The number of halogens is 2. The van der Waals surface area contributed by atoms with Crippen LogP contribution in [0.25, 0.3) is 17.2 Å². The van der Waals surface area contributed by atoms with Crippen molar-refractivity contribution in [2.24, 2.45) is 0 Å². The first-order chi connectivity index (χ1) is 15.4. The lowest BCUT2D eigenvalue weighted by Gasteiger charge is -2.17. The van der Waals surface area contributed by atoms with Crippen LogP contribution in [0.3, 0.4) is 0 Å². The maximum absolute atomic E-state index is 12.1. The summed E-state index contributed by atoms with van der Waals surface area (Å²) in [6, 6.07) is 14.5. The predicted octanol–water partition coefficient (Wildman–Crippen LogP) is 6.13. The van der Waals surface area contributed by atoms with E-state index in [9.17, 15) is 4.79 Å². The Labute approximate surface area is 204 Å². The number of carbonyl (C=O) groups excluding carboxylic acids is 1. The number of methoxy groups -OCH3 is 1. The van der Waals surface area contributed by atoms with E-state index < -0.39 is 0 Å². The summed E-state index contributed by atoms with van der Waals surface area (Å²) in [5.41, 5.74) is 2.90. The Morgan fingerprint density at radius 1 is 1.16 bits per heavy atom. The number of amides is 1. The highest BCUT2D eigenvalue weighted by atomic mass is 35.5. The summed E-state index contributed by atoms with van der Waals surface area (Å²) in [7, 11) is 1.55. The Hall–Kier alpha value is -2.58. The second-order valence-corrected chi connectivity index (χ2v) is 9.25. The van der Waals surface area contributed by atoms with Crippen molar-refractivity contribution in [3.8, 4) is 22.6 Å². The van der Waals surface area contributed by atoms with Crippen molar-refractivity contribution in [1.82, 2.24) is 10.3 Å². The third-order valence-corrected chi connectivity index (χ3v) is 6.26. The van der Waals surface area contributed by atoms with Crippen molar-refractivity contribution in [3.63, 3.8) is 0 Å². The average molecular weight is 503 g/mol. The van der Waals surface area contributed by atoms with E-state index in [4.69, 9.17) is 44.9 Å². The van der Waals surface area contributed by atoms with E-state index in [2.05, 4.69) is 10.3 Å². The second kappa shape index (κ2) is 9.92. The topological polar surface area (TPSA) is 60.5 Å². The fourth-order valence-electron chi connectivity index (χ4n) is 3.12. The van der Waals surface area contributed by atoms with Gasteiger partial charge in [0.15, 0.2) is 11.5 Å². The largest absolute Gasteiger partial charge is 0.493 e. The van der Waals surface area contributed by atoms with E-state index in [1.807, 2.05) is 30.3 Å². The fraction of sp³-hybridized carbons (Fsp3) is 0.0870. The van der Waals surface area contributed by atoms with Crippen LogP contribution >= 0.6 is 47.2 Å². The van der Waals surface area contributed by atoms with Gasteiger partial charge in [-0.05, 0) is 48.0 Å². The molecule has 1 saturated heterocycles. The molecule has 2 aromatic carbocycles. The molecule has 1 fully saturated rings. The summed E-state index contributed by atoms with van der Waals surface area (Å²) in [4.78, 5) is 16.9. The van der Waals surface area contributed by atoms with Crippen molar-refractivity contribution in [2.75, 3.05) is 7.11 Å². The third kappa shape index (κ3) is 5.07. The van der Waals surface area contributed by atoms with E-state index in [1.54, 1.807) is 37.6 Å². The number of ether oxygens (including phenoxy) is 2. The maximum atomic E-state index is 12.1. The van der Waals surface area contributed by atoms with Crippen molar-refractivity contribution < 1.29 is 14.3 Å². The monoisotopic (exact) mass is 502 g/mol. The van der Waals surface area contributed by atoms with Crippen LogP contribution in [0.1, 0.15) is 11.3 Å². The van der Waals surface area contributed by atoms with E-state index >= 15 is 0 Å². The van der Waals surface area contributed by atoms with Crippen LogP contribution in [-0.2, 0) is 11.4 Å². The van der Waals surface area contributed by atoms with Gasteiger partial charge >= 0.3 is 0 Å². The molecule has 9 heteroatoms. The van der Waals surface area contributed by atoms with Crippen molar-refractivity contribution in [3.05, 3.63) is 80.9 Å². The third-order valence-electron chi connectivity index (χ3n) is 4.55. The van der Waals surface area contributed by atoms with Crippen LogP contribution in [0.2, 0.25) is 10.0 Å². The van der Waals surface area contributed by atoms with Gasteiger partial charge in [0.05, 0.1) is 22.7 Å². The first-order valence-corrected chi connectivity index (χ1v) is 11.4. The van der Waals surface area contributed by atoms with Gasteiger partial charge in [-0.3, -0.25) is 9.78 Å². The highest BCUT2D eigenvalue weighted by Gasteiger charge is 2.23. The summed E-state index contributed by atoms with van der Waals surface area (Å²) in [6.07, 6.45) is 3.45. The molecule has 1 aromatic heterocycles. The van der Waals surface area contributed by atoms with E-state index in [-0.39, 0.29) is 12.5 Å². The number of pyridine rings is 1. The van der Waals surface area contributed by atoms with E-state index in [0.29, 0.717) is 41.9 Å². The predicted molar refractivity (Wildman–Crippen MR) is 133 cm³/mol. The summed E-state index contributed by atoms with van der Waals surface area (Å²) in [6.45, 7) is 0.238. The lowest BCUT2D eigenvalue weighted by atomic mass is 10.0. The van der Waals surface area contributed by atoms with Gasteiger partial charge in [-0.25, -0.2) is 0 Å². The molecule has 5 nitrogen and oxygen atoms in total. The zero-order valence-corrected chi connectivity index (χ0v) is 19.9. The van der Waals surface area contributed by atoms with Crippen molar-refractivity contribution in [1.29, 1.82) is 0 Å². The molecule has 0 unspecified atom stereocenters. The van der Waals surface area contributed by atoms with E-state index in [0.717, 1.165) is 11.3 Å². The summed E-state index contributed by atoms with van der Waals surface area (Å²) < 4.78 is 12.2. The Bertz CT molecular complexity index is 1230. The number of carbonyl (C=O) groups is 1. The molecule has 0 atom stereocenters. The molecular formula is C23H16Cl2N2O3S2. The zero-order valence-electron chi connectivity index (χ0n) is 16.7. The Morgan fingerprint density at radius 3 is 2.66 bits per heavy atom. The normalized spacial score (nSPS) is 14.5. The van der Waals surface area contributed by atoms with Crippen LogP contribution in [-0.4, -0.2) is 22.3 Å². The molecule has 1 amide bonds. The van der Waals surface area contributed by atoms with Gasteiger partial charge in [0.1, 0.15) is 10.9 Å². The molecule has 0 aliphatic carbocycles. The molecule has 32 heavy (non-hydrogen) atoms. The molecule has 0 bridgehead atoms. The molecule has 0 radical (unpaired) electrons. The molecule has 3 aromatic rings. The Kier molecular flexibility index (Phi) is 7.01. The zero-order chi connectivity index (χ0) is 22.7. The van der Waals surface area contributed by atoms with Crippen LogP contribution in [0.4, 0.5) is 0 Å². The Morgan fingerprint density at radius 2 is 2.00 bits per heavy atom. The van der Waals surface area contributed by atoms with Crippen LogP contribution in [0.15, 0.2) is 59.6 Å². The molecule has 1 aliphatic heterocycles. The number of nitrogens with one attached hydrogen (secondary N) is 1. The minimum absolute atomic E-state index is 0.236. The number of aromatic nitrogens is 1. The number of hydrogen-bond donors (Lipinski definition) is 1. The quantitative estimate of drug-likeness (QED) is 0.323. The first-order valence-electron chi connectivity index (χ1n) is 9.39. The van der Waals surface area contributed by atoms with Crippen LogP contribution in [0.5, 0.6) is 11.5 Å². The number of hydrogen-bond acceptors (Lipinski definition) is 6. The maximum Gasteiger partial charge on any atom is 0.263 e. The van der Waals surface area contributed by atoms with Crippen molar-refractivity contribution in [2.45, 2.75) is 6.61 Å². The van der Waals surface area contributed by atoms with E-state index in [1.165, 1.54) is 11.8 Å². The number of thiocarbonyl (C=S) groups is 1. The number of benzene rings is 2. The van der Waals surface area contributed by atoms with Crippen molar-refractivity contribution >= 4 is 63.5 Å². The van der Waals surface area contributed by atoms with Gasteiger partial charge in [-0.2, -0.15) is 0 Å². The summed E-state index contributed by atoms with van der Waals surface area (Å²) in [5, 5.41) is 3.60. The standard InChI is InChI=1S/C23H16Cl2N2O3S2/c1-29-19-9-13(10-20-22(28)27-23(31)32-20)8-17(16-6-5-14(24)11-18(16)25)21(19)30-12-15-4-2-3-7-26-15/h2-11H,12H2,1H3,(H,27,28,31). The van der Waals surface area contributed by atoms with Gasteiger partial charge in [0, 0.05) is 22.3 Å². The highest BCUT2D eigenvalue weighted by molar-refractivity contribution is 8.26. The number of nitrogens with zero attached hydrogens (tertiary/aromatic N) is 1. The average Bonchev–Trinajstić information content (AvgIpc) is 3.09. The molecule has 4 rings (SSSR count). The smallest absolute Gasteiger partial charge is 0.263 e. The van der Waals surface area contributed by atoms with Gasteiger partial charge in [0.2, 0.25) is 0 Å².